The van der Waals surface area contributed by atoms with Gasteiger partial charge >= 0.3 is 0 Å². The van der Waals surface area contributed by atoms with Crippen molar-refractivity contribution in [3.8, 4) is 0 Å². The van der Waals surface area contributed by atoms with Gasteiger partial charge in [-0.2, -0.15) is 0 Å². The van der Waals surface area contributed by atoms with E-state index in [1.54, 1.807) is 0 Å². The molecule has 0 saturated carbocycles. The van der Waals surface area contributed by atoms with Crippen LogP contribution < -0.4 is 5.32 Å². The number of rotatable bonds is 6. The molecule has 78 valence electrons. The molecule has 0 amide bonds. The highest BCUT2D eigenvalue weighted by molar-refractivity contribution is 5.15. The second-order valence-corrected chi connectivity index (χ2v) is 3.62. The van der Waals surface area contributed by atoms with Crippen LogP contribution in [0.4, 0.5) is 0 Å². The predicted molar refractivity (Wildman–Crippen MR) is 59.3 cm³/mol. The van der Waals surface area contributed by atoms with E-state index in [4.69, 9.17) is 5.11 Å². The molecule has 0 heterocycles. The van der Waals surface area contributed by atoms with E-state index in [1.807, 2.05) is 6.07 Å². The summed E-state index contributed by atoms with van der Waals surface area (Å²) in [5, 5.41) is 12.0. The van der Waals surface area contributed by atoms with Crippen LogP contribution in [-0.4, -0.2) is 24.3 Å². The maximum absolute atomic E-state index is 8.63. The Hall–Kier alpha value is -0.860. The lowest BCUT2D eigenvalue weighted by Crippen LogP contribution is -2.29. The first-order valence-electron chi connectivity index (χ1n) is 5.21. The van der Waals surface area contributed by atoms with Crippen LogP contribution in [0.25, 0.3) is 0 Å². The summed E-state index contributed by atoms with van der Waals surface area (Å²) in [6.07, 6.45) is 1.88. The van der Waals surface area contributed by atoms with Crippen molar-refractivity contribution in [2.45, 2.75) is 25.8 Å². The first kappa shape index (κ1) is 11.2. The van der Waals surface area contributed by atoms with Crippen molar-refractivity contribution in [3.63, 3.8) is 0 Å². The lowest BCUT2D eigenvalue weighted by molar-refractivity contribution is 0.283. The summed E-state index contributed by atoms with van der Waals surface area (Å²) in [7, 11) is 0. The molecule has 2 nitrogen and oxygen atoms in total. The van der Waals surface area contributed by atoms with Gasteiger partial charge in [0, 0.05) is 12.6 Å². The van der Waals surface area contributed by atoms with Crippen LogP contribution in [-0.2, 0) is 6.42 Å². The van der Waals surface area contributed by atoms with Crippen LogP contribution in [0.15, 0.2) is 30.3 Å². The third-order valence-electron chi connectivity index (χ3n) is 2.21. The summed E-state index contributed by atoms with van der Waals surface area (Å²) in [5.74, 6) is 0. The van der Waals surface area contributed by atoms with Crippen LogP contribution in [0, 0.1) is 0 Å². The van der Waals surface area contributed by atoms with Crippen LogP contribution in [0.1, 0.15) is 18.9 Å². The average Bonchev–Trinajstić information content (AvgIpc) is 2.20. The van der Waals surface area contributed by atoms with E-state index < -0.39 is 0 Å². The van der Waals surface area contributed by atoms with Crippen LogP contribution in [0.2, 0.25) is 0 Å². The zero-order valence-electron chi connectivity index (χ0n) is 8.74. The van der Waals surface area contributed by atoms with E-state index in [0.717, 1.165) is 19.4 Å². The summed E-state index contributed by atoms with van der Waals surface area (Å²) < 4.78 is 0. The smallest absolute Gasteiger partial charge is 0.0443 e. The fourth-order valence-electron chi connectivity index (χ4n) is 1.47. The van der Waals surface area contributed by atoms with Gasteiger partial charge < -0.3 is 10.4 Å². The predicted octanol–water partition coefficient (Wildman–Crippen LogP) is 1.59. The van der Waals surface area contributed by atoms with E-state index in [2.05, 4.69) is 36.5 Å². The number of hydrogen-bond donors (Lipinski definition) is 2. The molecule has 2 N–H and O–H groups in total. The Morgan fingerprint density at radius 2 is 2.00 bits per heavy atom. The van der Waals surface area contributed by atoms with Gasteiger partial charge in [-0.15, -0.1) is 0 Å². The van der Waals surface area contributed by atoms with Crippen molar-refractivity contribution in [2.75, 3.05) is 13.2 Å². The molecule has 14 heavy (non-hydrogen) atoms. The number of benzene rings is 1. The fourth-order valence-corrected chi connectivity index (χ4v) is 1.47. The van der Waals surface area contributed by atoms with E-state index in [1.165, 1.54) is 5.56 Å². The molecule has 2 heteroatoms. The van der Waals surface area contributed by atoms with Crippen molar-refractivity contribution < 1.29 is 5.11 Å². The molecule has 0 saturated heterocycles. The third kappa shape index (κ3) is 4.40. The van der Waals surface area contributed by atoms with Gasteiger partial charge in [-0.3, -0.25) is 0 Å². The SMILES string of the molecule is CC(Cc1ccccc1)NCCCO. The van der Waals surface area contributed by atoms with E-state index in [-0.39, 0.29) is 6.61 Å². The largest absolute Gasteiger partial charge is 0.396 e. The van der Waals surface area contributed by atoms with Gasteiger partial charge in [0.1, 0.15) is 0 Å². The van der Waals surface area contributed by atoms with Crippen molar-refractivity contribution >= 4 is 0 Å². The highest BCUT2D eigenvalue weighted by Gasteiger charge is 2.01. The minimum atomic E-state index is 0.269. The van der Waals surface area contributed by atoms with Gasteiger partial charge in [0.05, 0.1) is 0 Å². The Morgan fingerprint density at radius 1 is 1.29 bits per heavy atom. The summed E-state index contributed by atoms with van der Waals surface area (Å²) in [6, 6.07) is 10.9. The number of hydrogen-bond acceptors (Lipinski definition) is 2. The maximum Gasteiger partial charge on any atom is 0.0443 e. The molecule has 1 rings (SSSR count). The average molecular weight is 193 g/mol. The minimum absolute atomic E-state index is 0.269. The molecule has 1 aromatic carbocycles. The Balaban J connectivity index is 2.23. The molecule has 1 unspecified atom stereocenters. The quantitative estimate of drug-likeness (QED) is 0.672. The molecule has 0 fully saturated rings. The molecular formula is C12H19NO. The van der Waals surface area contributed by atoms with Gasteiger partial charge in [0.15, 0.2) is 0 Å². The van der Waals surface area contributed by atoms with Crippen molar-refractivity contribution in [3.05, 3.63) is 35.9 Å². The Morgan fingerprint density at radius 3 is 2.64 bits per heavy atom. The summed E-state index contributed by atoms with van der Waals surface area (Å²) in [5.41, 5.74) is 1.36. The zero-order valence-corrected chi connectivity index (χ0v) is 8.74. The third-order valence-corrected chi connectivity index (χ3v) is 2.21. The molecule has 0 aliphatic heterocycles. The number of nitrogens with one attached hydrogen (secondary N) is 1. The van der Waals surface area contributed by atoms with Crippen LogP contribution in [0.5, 0.6) is 0 Å². The summed E-state index contributed by atoms with van der Waals surface area (Å²) in [4.78, 5) is 0. The molecular weight excluding hydrogens is 174 g/mol. The monoisotopic (exact) mass is 193 g/mol. The first-order chi connectivity index (χ1) is 6.83. The molecule has 0 spiro atoms. The van der Waals surface area contributed by atoms with Gasteiger partial charge in [0.2, 0.25) is 0 Å². The van der Waals surface area contributed by atoms with Gasteiger partial charge in [-0.05, 0) is 31.9 Å². The van der Waals surface area contributed by atoms with Gasteiger partial charge in [-0.25, -0.2) is 0 Å². The second-order valence-electron chi connectivity index (χ2n) is 3.62. The Bertz CT molecular complexity index is 235. The first-order valence-corrected chi connectivity index (χ1v) is 5.21. The molecule has 0 aromatic heterocycles. The van der Waals surface area contributed by atoms with Crippen LogP contribution >= 0.6 is 0 Å². The van der Waals surface area contributed by atoms with Gasteiger partial charge in [0.25, 0.3) is 0 Å². The lowest BCUT2D eigenvalue weighted by Gasteiger charge is -2.13. The Labute approximate surface area is 86.0 Å². The van der Waals surface area contributed by atoms with Crippen molar-refractivity contribution in [1.82, 2.24) is 5.32 Å². The lowest BCUT2D eigenvalue weighted by atomic mass is 10.1. The maximum atomic E-state index is 8.63. The van der Waals surface area contributed by atoms with Crippen LogP contribution in [0.3, 0.4) is 0 Å². The standard InChI is InChI=1S/C12H19NO/c1-11(13-8-5-9-14)10-12-6-3-2-4-7-12/h2-4,6-7,11,13-14H,5,8-10H2,1H3. The highest BCUT2D eigenvalue weighted by Crippen LogP contribution is 2.02. The molecule has 0 aliphatic carbocycles. The molecule has 0 bridgehead atoms. The normalized spacial score (nSPS) is 12.7. The second kappa shape index (κ2) is 6.57. The summed E-state index contributed by atoms with van der Waals surface area (Å²) >= 11 is 0. The summed E-state index contributed by atoms with van der Waals surface area (Å²) in [6.45, 7) is 3.33. The van der Waals surface area contributed by atoms with Gasteiger partial charge in [-0.1, -0.05) is 30.3 Å². The fraction of sp³-hybridized carbons (Fsp3) is 0.500. The zero-order chi connectivity index (χ0) is 10.2. The molecule has 1 atom stereocenters. The van der Waals surface area contributed by atoms with Crippen molar-refractivity contribution in [2.24, 2.45) is 0 Å². The number of aliphatic hydroxyl groups excluding tert-OH is 1. The minimum Gasteiger partial charge on any atom is -0.396 e. The van der Waals surface area contributed by atoms with Crippen molar-refractivity contribution in [1.29, 1.82) is 0 Å². The highest BCUT2D eigenvalue weighted by atomic mass is 16.3. The topological polar surface area (TPSA) is 32.3 Å². The Kier molecular flexibility index (Phi) is 5.27. The molecule has 0 radical (unpaired) electrons. The van der Waals surface area contributed by atoms with E-state index in [0.29, 0.717) is 6.04 Å². The van der Waals surface area contributed by atoms with E-state index in [9.17, 15) is 0 Å². The molecule has 1 aromatic rings. The number of aliphatic hydroxyl groups is 1. The molecule has 0 aliphatic rings. The van der Waals surface area contributed by atoms with E-state index >= 15 is 0 Å².